The Morgan fingerprint density at radius 2 is 1.81 bits per heavy atom. The van der Waals surface area contributed by atoms with Crippen LogP contribution in [-0.2, 0) is 5.41 Å². The van der Waals surface area contributed by atoms with Gasteiger partial charge < -0.3 is 0 Å². The van der Waals surface area contributed by atoms with Crippen LogP contribution in [0.3, 0.4) is 0 Å². The molecule has 114 valence electrons. The highest BCUT2D eigenvalue weighted by Gasteiger charge is 2.16. The van der Waals surface area contributed by atoms with Crippen LogP contribution in [0.15, 0.2) is 48.0 Å². The first-order chi connectivity index (χ1) is 9.61. The Kier molecular flexibility index (Phi) is 6.04. The lowest BCUT2D eigenvalue weighted by Gasteiger charge is -2.22. The molecule has 0 spiro atoms. The normalized spacial score (nSPS) is 13.2. The molecule has 0 nitrogen and oxygen atoms in total. The molecule has 1 heteroatoms. The van der Waals surface area contributed by atoms with Gasteiger partial charge >= 0.3 is 0 Å². The molecule has 0 aliphatic heterocycles. The minimum atomic E-state index is 0.153. The van der Waals surface area contributed by atoms with E-state index in [1.807, 2.05) is 12.2 Å². The zero-order valence-corrected chi connectivity index (χ0v) is 14.9. The fraction of sp³-hybridized carbons (Fsp3) is 0.400. The highest BCUT2D eigenvalue weighted by molar-refractivity contribution is 6.30. The van der Waals surface area contributed by atoms with Gasteiger partial charge in [-0.15, -0.1) is 0 Å². The van der Waals surface area contributed by atoms with Crippen LogP contribution in [0.2, 0.25) is 0 Å². The van der Waals surface area contributed by atoms with Crippen molar-refractivity contribution in [3.63, 3.8) is 0 Å². The molecule has 0 aromatic heterocycles. The second-order valence-corrected chi connectivity index (χ2v) is 7.39. The Labute approximate surface area is 135 Å². The number of rotatable bonds is 4. The maximum atomic E-state index is 5.75. The van der Waals surface area contributed by atoms with Crippen LogP contribution in [0.5, 0.6) is 0 Å². The van der Waals surface area contributed by atoms with Crippen molar-refractivity contribution in [1.82, 2.24) is 0 Å². The molecular weight excluding hydrogens is 276 g/mol. The lowest BCUT2D eigenvalue weighted by Crippen LogP contribution is -2.12. The Hall–Kier alpha value is -1.27. The number of hydrogen-bond acceptors (Lipinski definition) is 0. The third-order valence-electron chi connectivity index (χ3n) is 3.57. The molecule has 0 unspecified atom stereocenters. The van der Waals surface area contributed by atoms with Crippen molar-refractivity contribution in [1.29, 1.82) is 0 Å². The largest absolute Gasteiger partial charge is 0.0850 e. The lowest BCUT2D eigenvalue weighted by molar-refractivity contribution is 0.588. The molecule has 21 heavy (non-hydrogen) atoms. The minimum absolute atomic E-state index is 0.153. The van der Waals surface area contributed by atoms with Crippen LogP contribution in [0, 0.1) is 0 Å². The average molecular weight is 303 g/mol. The molecule has 0 bridgehead atoms. The van der Waals surface area contributed by atoms with Crippen molar-refractivity contribution in [2.24, 2.45) is 0 Å². The van der Waals surface area contributed by atoms with Gasteiger partial charge in [0.2, 0.25) is 0 Å². The van der Waals surface area contributed by atoms with Crippen LogP contribution in [0.4, 0.5) is 0 Å². The summed E-state index contributed by atoms with van der Waals surface area (Å²) in [5.74, 6) is 0.525. The highest BCUT2D eigenvalue weighted by Crippen LogP contribution is 2.30. The van der Waals surface area contributed by atoms with E-state index in [0.717, 1.165) is 0 Å². The minimum Gasteiger partial charge on any atom is -0.0850 e. The molecule has 0 aliphatic carbocycles. The van der Waals surface area contributed by atoms with Crippen molar-refractivity contribution in [2.45, 2.75) is 52.9 Å². The van der Waals surface area contributed by atoms with E-state index in [4.69, 9.17) is 11.6 Å². The molecular formula is C20H27Cl. The SMILES string of the molecule is C=C(Cl)/C=C\C=C(/C)c1cc(C(C)C)cc(C(C)(C)C)c1. The van der Waals surface area contributed by atoms with E-state index >= 15 is 0 Å². The van der Waals surface area contributed by atoms with Gasteiger partial charge in [0.25, 0.3) is 0 Å². The molecule has 0 atom stereocenters. The lowest BCUT2D eigenvalue weighted by atomic mass is 9.83. The van der Waals surface area contributed by atoms with Gasteiger partial charge in [-0.3, -0.25) is 0 Å². The molecule has 0 saturated carbocycles. The maximum absolute atomic E-state index is 5.75. The van der Waals surface area contributed by atoms with Crippen molar-refractivity contribution in [3.05, 3.63) is 64.7 Å². The van der Waals surface area contributed by atoms with E-state index in [1.165, 1.54) is 22.3 Å². The van der Waals surface area contributed by atoms with Gasteiger partial charge in [-0.1, -0.05) is 83.1 Å². The monoisotopic (exact) mass is 302 g/mol. The predicted molar refractivity (Wildman–Crippen MR) is 97.0 cm³/mol. The van der Waals surface area contributed by atoms with E-state index in [2.05, 4.69) is 72.4 Å². The van der Waals surface area contributed by atoms with Crippen LogP contribution >= 0.6 is 11.6 Å². The molecule has 0 amide bonds. The zero-order chi connectivity index (χ0) is 16.2. The summed E-state index contributed by atoms with van der Waals surface area (Å²) in [4.78, 5) is 0. The summed E-state index contributed by atoms with van der Waals surface area (Å²) in [6.45, 7) is 17.0. The first kappa shape index (κ1) is 17.8. The fourth-order valence-electron chi connectivity index (χ4n) is 2.04. The van der Waals surface area contributed by atoms with E-state index in [1.54, 1.807) is 0 Å². The second kappa shape index (κ2) is 7.13. The first-order valence-electron chi connectivity index (χ1n) is 7.46. The van der Waals surface area contributed by atoms with E-state index in [9.17, 15) is 0 Å². The maximum Gasteiger partial charge on any atom is 0.0334 e. The smallest absolute Gasteiger partial charge is 0.0334 e. The van der Waals surface area contributed by atoms with Gasteiger partial charge in [-0.2, -0.15) is 0 Å². The van der Waals surface area contributed by atoms with Gasteiger partial charge in [0.15, 0.2) is 0 Å². The summed E-state index contributed by atoms with van der Waals surface area (Å²) in [6.07, 6.45) is 5.84. The Balaban J connectivity index is 3.29. The summed E-state index contributed by atoms with van der Waals surface area (Å²) >= 11 is 5.75. The van der Waals surface area contributed by atoms with Crippen molar-refractivity contribution >= 4 is 17.2 Å². The predicted octanol–water partition coefficient (Wildman–Crippen LogP) is 6.82. The van der Waals surface area contributed by atoms with Gasteiger partial charge in [-0.05, 0) is 46.6 Å². The summed E-state index contributed by atoms with van der Waals surface area (Å²) in [5.41, 5.74) is 5.42. The summed E-state index contributed by atoms with van der Waals surface area (Å²) in [5, 5.41) is 0.547. The number of benzene rings is 1. The fourth-order valence-corrected chi connectivity index (χ4v) is 2.11. The molecule has 0 N–H and O–H groups in total. The van der Waals surface area contributed by atoms with Crippen LogP contribution in [0.25, 0.3) is 5.57 Å². The molecule has 1 aromatic rings. The van der Waals surface area contributed by atoms with E-state index < -0.39 is 0 Å². The van der Waals surface area contributed by atoms with Crippen molar-refractivity contribution in [2.75, 3.05) is 0 Å². The number of allylic oxidation sites excluding steroid dienone is 5. The Morgan fingerprint density at radius 3 is 2.29 bits per heavy atom. The third kappa shape index (κ3) is 5.55. The Morgan fingerprint density at radius 1 is 1.19 bits per heavy atom. The van der Waals surface area contributed by atoms with Gasteiger partial charge in [-0.25, -0.2) is 0 Å². The summed E-state index contributed by atoms with van der Waals surface area (Å²) in [7, 11) is 0. The zero-order valence-electron chi connectivity index (χ0n) is 14.1. The molecule has 1 aromatic carbocycles. The molecule has 0 aliphatic rings. The van der Waals surface area contributed by atoms with E-state index in [-0.39, 0.29) is 5.41 Å². The second-order valence-electron chi connectivity index (χ2n) is 6.90. The molecule has 0 saturated heterocycles. The van der Waals surface area contributed by atoms with Gasteiger partial charge in [0, 0.05) is 5.03 Å². The summed E-state index contributed by atoms with van der Waals surface area (Å²) in [6, 6.07) is 6.91. The van der Waals surface area contributed by atoms with Crippen LogP contribution in [0.1, 0.15) is 64.2 Å². The van der Waals surface area contributed by atoms with Crippen molar-refractivity contribution in [3.8, 4) is 0 Å². The third-order valence-corrected chi connectivity index (χ3v) is 3.69. The molecule has 0 fully saturated rings. The molecule has 1 rings (SSSR count). The van der Waals surface area contributed by atoms with Crippen LogP contribution < -0.4 is 0 Å². The summed E-state index contributed by atoms with van der Waals surface area (Å²) < 4.78 is 0. The first-order valence-corrected chi connectivity index (χ1v) is 7.84. The molecule has 0 heterocycles. The van der Waals surface area contributed by atoms with E-state index in [0.29, 0.717) is 11.0 Å². The number of hydrogen-bond donors (Lipinski definition) is 0. The average Bonchev–Trinajstić information content (AvgIpc) is 2.36. The quantitative estimate of drug-likeness (QED) is 0.535. The standard InChI is InChI=1S/C20H27Cl/c1-14(2)17-11-18(13-19(12-17)20(5,6)7)15(3)9-8-10-16(4)21/h8-14H,4H2,1-3,5-7H3/b10-8-,15-9+. The number of halogens is 1. The molecule has 0 radical (unpaired) electrons. The highest BCUT2D eigenvalue weighted by atomic mass is 35.5. The van der Waals surface area contributed by atoms with Gasteiger partial charge in [0.05, 0.1) is 0 Å². The topological polar surface area (TPSA) is 0 Å². The van der Waals surface area contributed by atoms with Gasteiger partial charge in [0.1, 0.15) is 0 Å². The Bertz CT molecular complexity index is 566. The van der Waals surface area contributed by atoms with Crippen LogP contribution in [-0.4, -0.2) is 0 Å². The van der Waals surface area contributed by atoms with Crippen molar-refractivity contribution < 1.29 is 0 Å².